The van der Waals surface area contributed by atoms with Crippen LogP contribution in [0.1, 0.15) is 12.8 Å². The molecule has 4 atom stereocenters. The number of hydrogen-bond acceptors (Lipinski definition) is 3. The third kappa shape index (κ3) is 2.35. The molecule has 3 amide bonds. The summed E-state index contributed by atoms with van der Waals surface area (Å²) in [7, 11) is 0. The Labute approximate surface area is 144 Å². The summed E-state index contributed by atoms with van der Waals surface area (Å²) in [6.45, 7) is 0.125. The van der Waals surface area contributed by atoms with Gasteiger partial charge in [-0.05, 0) is 30.4 Å². The Kier molecular flexibility index (Phi) is 3.68. The number of carbonyl (C=O) groups is 3. The second-order valence-corrected chi connectivity index (χ2v) is 7.01. The number of rotatable bonds is 4. The number of imide groups is 1. The predicted octanol–water partition coefficient (Wildman–Crippen LogP) is 2.48. The van der Waals surface area contributed by atoms with Crippen molar-refractivity contribution in [2.45, 2.75) is 12.8 Å². The van der Waals surface area contributed by atoms with Crippen molar-refractivity contribution in [2.75, 3.05) is 11.9 Å². The number of nitrogens with zero attached hydrogens (tertiary/aromatic N) is 1. The van der Waals surface area contributed by atoms with E-state index in [-0.39, 0.29) is 54.4 Å². The first-order valence-corrected chi connectivity index (χ1v) is 8.52. The zero-order chi connectivity index (χ0) is 16.8. The van der Waals surface area contributed by atoms with E-state index in [9.17, 15) is 14.4 Å². The topological polar surface area (TPSA) is 66.5 Å². The van der Waals surface area contributed by atoms with Gasteiger partial charge in [0.1, 0.15) is 0 Å². The maximum Gasteiger partial charge on any atom is 0.233 e. The minimum atomic E-state index is -0.262. The lowest BCUT2D eigenvalue weighted by Gasteiger charge is -2.17. The molecule has 2 aliphatic carbocycles. The first-order chi connectivity index (χ1) is 11.6. The van der Waals surface area contributed by atoms with Crippen molar-refractivity contribution in [3.8, 4) is 0 Å². The van der Waals surface area contributed by atoms with E-state index in [0.29, 0.717) is 10.7 Å². The van der Waals surface area contributed by atoms with Crippen molar-refractivity contribution in [3.63, 3.8) is 0 Å². The fourth-order valence-electron chi connectivity index (χ4n) is 4.17. The van der Waals surface area contributed by atoms with Crippen LogP contribution in [0.15, 0.2) is 36.4 Å². The van der Waals surface area contributed by atoms with E-state index in [0.717, 1.165) is 6.42 Å². The molecule has 1 aromatic carbocycles. The molecule has 2 bridgehead atoms. The molecule has 4 rings (SSSR count). The van der Waals surface area contributed by atoms with Crippen LogP contribution in [0.4, 0.5) is 5.69 Å². The molecule has 0 unspecified atom stereocenters. The van der Waals surface area contributed by atoms with Crippen LogP contribution in [0, 0.1) is 23.7 Å². The maximum atomic E-state index is 12.5. The first-order valence-electron chi connectivity index (χ1n) is 8.14. The van der Waals surface area contributed by atoms with Gasteiger partial charge in [-0.15, -0.1) is 0 Å². The van der Waals surface area contributed by atoms with Crippen molar-refractivity contribution in [2.24, 2.45) is 23.7 Å². The number of para-hydroxylation sites is 1. The smallest absolute Gasteiger partial charge is 0.233 e. The Balaban J connectivity index is 1.38. The van der Waals surface area contributed by atoms with Crippen molar-refractivity contribution < 1.29 is 14.4 Å². The molecule has 0 spiro atoms. The van der Waals surface area contributed by atoms with Crippen molar-refractivity contribution in [1.82, 2.24) is 4.90 Å². The zero-order valence-electron chi connectivity index (χ0n) is 12.9. The van der Waals surface area contributed by atoms with Crippen molar-refractivity contribution in [3.05, 3.63) is 41.4 Å². The van der Waals surface area contributed by atoms with Crippen LogP contribution in [0.3, 0.4) is 0 Å². The number of amides is 3. The van der Waals surface area contributed by atoms with Crippen LogP contribution in [0.2, 0.25) is 5.02 Å². The van der Waals surface area contributed by atoms with E-state index < -0.39 is 0 Å². The lowest BCUT2D eigenvalue weighted by molar-refractivity contribution is -0.140. The van der Waals surface area contributed by atoms with Gasteiger partial charge < -0.3 is 5.32 Å². The third-order valence-corrected chi connectivity index (χ3v) is 5.60. The molecule has 1 N–H and O–H groups in total. The van der Waals surface area contributed by atoms with Gasteiger partial charge in [-0.2, -0.15) is 0 Å². The highest BCUT2D eigenvalue weighted by atomic mass is 35.5. The molecule has 6 heteroatoms. The summed E-state index contributed by atoms with van der Waals surface area (Å²) in [5.74, 6) is -0.531. The molecule has 3 aliphatic rings. The Morgan fingerprint density at radius 1 is 1.12 bits per heavy atom. The molecule has 0 aromatic heterocycles. The van der Waals surface area contributed by atoms with Crippen LogP contribution in [-0.4, -0.2) is 29.2 Å². The average molecular weight is 345 g/mol. The summed E-state index contributed by atoms with van der Waals surface area (Å²) in [6, 6.07) is 6.95. The van der Waals surface area contributed by atoms with Crippen LogP contribution in [-0.2, 0) is 14.4 Å². The average Bonchev–Trinajstić information content (AvgIpc) is 3.23. The molecule has 1 saturated heterocycles. The monoisotopic (exact) mass is 344 g/mol. The summed E-state index contributed by atoms with van der Waals surface area (Å²) >= 11 is 6.01. The van der Waals surface area contributed by atoms with Gasteiger partial charge in [-0.1, -0.05) is 35.9 Å². The number of benzene rings is 1. The number of nitrogens with one attached hydrogen (secondary N) is 1. The van der Waals surface area contributed by atoms with E-state index in [4.69, 9.17) is 11.6 Å². The summed E-state index contributed by atoms with van der Waals surface area (Å²) in [6.07, 6.45) is 5.10. The fraction of sp³-hybridized carbons (Fsp3) is 0.389. The van der Waals surface area contributed by atoms with Gasteiger partial charge in [0.15, 0.2) is 0 Å². The molecule has 1 aliphatic heterocycles. The highest BCUT2D eigenvalue weighted by molar-refractivity contribution is 6.33. The molecule has 1 saturated carbocycles. The number of halogens is 1. The van der Waals surface area contributed by atoms with Crippen LogP contribution < -0.4 is 5.32 Å². The molecule has 5 nitrogen and oxygen atoms in total. The minimum Gasteiger partial charge on any atom is -0.325 e. The second-order valence-electron chi connectivity index (χ2n) is 6.61. The summed E-state index contributed by atoms with van der Waals surface area (Å²) in [4.78, 5) is 38.4. The lowest BCUT2D eigenvalue weighted by Crippen LogP contribution is -2.35. The van der Waals surface area contributed by atoms with Gasteiger partial charge in [-0.3, -0.25) is 19.3 Å². The van der Waals surface area contributed by atoms with Gasteiger partial charge in [-0.25, -0.2) is 0 Å². The third-order valence-electron chi connectivity index (χ3n) is 5.27. The number of allylic oxidation sites excluding steroid dienone is 2. The van der Waals surface area contributed by atoms with E-state index in [1.54, 1.807) is 24.3 Å². The fourth-order valence-corrected chi connectivity index (χ4v) is 4.36. The number of anilines is 1. The normalized spacial score (nSPS) is 30.1. The zero-order valence-corrected chi connectivity index (χ0v) is 13.7. The Morgan fingerprint density at radius 2 is 1.75 bits per heavy atom. The predicted molar refractivity (Wildman–Crippen MR) is 89.1 cm³/mol. The van der Waals surface area contributed by atoms with E-state index >= 15 is 0 Å². The van der Waals surface area contributed by atoms with Crippen molar-refractivity contribution in [1.29, 1.82) is 0 Å². The quantitative estimate of drug-likeness (QED) is 0.674. The number of carbonyl (C=O) groups excluding carboxylic acids is 3. The minimum absolute atomic E-state index is 0.0743. The van der Waals surface area contributed by atoms with Crippen LogP contribution in [0.5, 0.6) is 0 Å². The van der Waals surface area contributed by atoms with Crippen LogP contribution in [0.25, 0.3) is 0 Å². The Bertz CT molecular complexity index is 730. The molecular formula is C18H17ClN2O3. The number of hydrogen-bond donors (Lipinski definition) is 1. The van der Waals surface area contributed by atoms with Crippen LogP contribution >= 0.6 is 11.6 Å². The highest BCUT2D eigenvalue weighted by Crippen LogP contribution is 2.52. The SMILES string of the molecule is O=C(CCN1C(=O)[C@@H]2[C@H](C1=O)[C@@H]1C=C[C@@H]2C1)Nc1ccccc1Cl. The maximum absolute atomic E-state index is 12.5. The van der Waals surface area contributed by atoms with Gasteiger partial charge >= 0.3 is 0 Å². The van der Waals surface area contributed by atoms with Gasteiger partial charge in [0.05, 0.1) is 22.5 Å². The molecule has 24 heavy (non-hydrogen) atoms. The molecule has 1 heterocycles. The standard InChI is InChI=1S/C18H17ClN2O3/c19-12-3-1-2-4-13(12)20-14(22)7-8-21-17(23)15-10-5-6-11(9-10)16(15)18(21)24/h1-6,10-11,15-16H,7-9H2,(H,20,22)/t10-,11-,15-,16+/m1/s1. The lowest BCUT2D eigenvalue weighted by atomic mass is 9.85. The van der Waals surface area contributed by atoms with E-state index in [1.807, 2.05) is 0 Å². The van der Waals surface area contributed by atoms with Gasteiger partial charge in [0.2, 0.25) is 17.7 Å². The summed E-state index contributed by atoms with van der Waals surface area (Å²) in [5, 5.41) is 3.17. The molecule has 0 radical (unpaired) electrons. The summed E-state index contributed by atoms with van der Waals surface area (Å²) in [5.41, 5.74) is 0.530. The highest BCUT2D eigenvalue weighted by Gasteiger charge is 2.58. The second kappa shape index (κ2) is 5.74. The molecule has 1 aromatic rings. The number of fused-ring (bicyclic) bond motifs is 5. The van der Waals surface area contributed by atoms with Gasteiger partial charge in [0, 0.05) is 13.0 Å². The number of likely N-dealkylation sites (tertiary alicyclic amines) is 1. The Hall–Kier alpha value is -2.14. The molecule has 124 valence electrons. The van der Waals surface area contributed by atoms with E-state index in [1.165, 1.54) is 4.90 Å². The first kappa shape index (κ1) is 15.4. The Morgan fingerprint density at radius 3 is 2.38 bits per heavy atom. The largest absolute Gasteiger partial charge is 0.325 e. The van der Waals surface area contributed by atoms with Gasteiger partial charge in [0.25, 0.3) is 0 Å². The summed E-state index contributed by atoms with van der Waals surface area (Å²) < 4.78 is 0. The molecule has 2 fully saturated rings. The van der Waals surface area contributed by atoms with E-state index in [2.05, 4.69) is 17.5 Å². The molecular weight excluding hydrogens is 328 g/mol. The van der Waals surface area contributed by atoms with Crippen molar-refractivity contribution >= 4 is 35.0 Å².